The molecule has 0 aliphatic heterocycles. The summed E-state index contributed by atoms with van der Waals surface area (Å²) in [5.41, 5.74) is 6.47. The van der Waals surface area contributed by atoms with Crippen LogP contribution in [0.15, 0.2) is 119 Å². The minimum absolute atomic E-state index is 0.0547. The van der Waals surface area contributed by atoms with E-state index < -0.39 is 11.2 Å². The average molecular weight is 571 g/mol. The molecule has 2 heteroatoms. The highest BCUT2D eigenvalue weighted by atomic mass is 16.3. The van der Waals surface area contributed by atoms with E-state index in [0.29, 0.717) is 6.42 Å². The fraction of sp³-hybridized carbons (Fsp3) is 0.500. The topological polar surface area (TPSA) is 40.5 Å². The quantitative estimate of drug-likeness (QED) is 0.243. The van der Waals surface area contributed by atoms with Gasteiger partial charge in [-0.2, -0.15) is 0 Å². The SMILES string of the molecule is CC1=C(/C=C/C(C)=C/C=C/C(C)=C/C=C/C=C(C)/C=C/C=C(C)/C=C/[C@H]2[C@@H](C(C)(C)O)CC[C@]2(C)O)C(C)(C)CCC1. The first-order valence-corrected chi connectivity index (χ1v) is 15.8. The Labute approximate surface area is 258 Å². The van der Waals surface area contributed by atoms with Gasteiger partial charge in [-0.3, -0.25) is 0 Å². The van der Waals surface area contributed by atoms with Crippen LogP contribution >= 0.6 is 0 Å². The molecule has 0 amide bonds. The Morgan fingerprint density at radius 2 is 1.26 bits per heavy atom. The Morgan fingerprint density at radius 3 is 1.79 bits per heavy atom. The van der Waals surface area contributed by atoms with Gasteiger partial charge in [0.2, 0.25) is 0 Å². The van der Waals surface area contributed by atoms with Crippen molar-refractivity contribution in [1.82, 2.24) is 0 Å². The van der Waals surface area contributed by atoms with Crippen LogP contribution < -0.4 is 0 Å². The lowest BCUT2D eigenvalue weighted by atomic mass is 9.72. The van der Waals surface area contributed by atoms with E-state index in [9.17, 15) is 10.2 Å². The average Bonchev–Trinajstić information content (AvgIpc) is 3.19. The molecule has 0 saturated heterocycles. The second kappa shape index (κ2) is 15.7. The van der Waals surface area contributed by atoms with Crippen LogP contribution in [0.2, 0.25) is 0 Å². The van der Waals surface area contributed by atoms with Gasteiger partial charge in [-0.1, -0.05) is 127 Å². The molecule has 2 nitrogen and oxygen atoms in total. The molecule has 2 rings (SSSR count). The van der Waals surface area contributed by atoms with Gasteiger partial charge in [0.05, 0.1) is 11.2 Å². The number of hydrogen-bond donors (Lipinski definition) is 2. The Morgan fingerprint density at radius 1 is 0.762 bits per heavy atom. The summed E-state index contributed by atoms with van der Waals surface area (Å²) in [6.45, 7) is 21.0. The second-order valence-corrected chi connectivity index (χ2v) is 14.1. The van der Waals surface area contributed by atoms with E-state index in [-0.39, 0.29) is 17.3 Å². The fourth-order valence-corrected chi connectivity index (χ4v) is 6.18. The molecule has 0 aromatic heterocycles. The van der Waals surface area contributed by atoms with Crippen LogP contribution in [0.1, 0.15) is 101 Å². The Hall–Kier alpha value is -2.68. The van der Waals surface area contributed by atoms with Crippen LogP contribution in [0.25, 0.3) is 0 Å². The lowest BCUT2D eigenvalue weighted by Crippen LogP contribution is -2.39. The van der Waals surface area contributed by atoms with Gasteiger partial charge in [0.25, 0.3) is 0 Å². The molecular weight excluding hydrogens is 512 g/mol. The van der Waals surface area contributed by atoms with Gasteiger partial charge in [0.1, 0.15) is 0 Å². The highest BCUT2D eigenvalue weighted by Gasteiger charge is 2.47. The van der Waals surface area contributed by atoms with Crippen molar-refractivity contribution < 1.29 is 10.2 Å². The second-order valence-electron chi connectivity index (χ2n) is 14.1. The van der Waals surface area contributed by atoms with E-state index in [4.69, 9.17) is 0 Å². The number of rotatable bonds is 11. The van der Waals surface area contributed by atoms with Crippen LogP contribution in [-0.4, -0.2) is 21.4 Å². The molecule has 0 bridgehead atoms. The first-order valence-electron chi connectivity index (χ1n) is 15.8. The van der Waals surface area contributed by atoms with E-state index in [1.54, 1.807) is 0 Å². The maximum Gasteiger partial charge on any atom is 0.0686 e. The van der Waals surface area contributed by atoms with Gasteiger partial charge in [0, 0.05) is 5.92 Å². The molecule has 1 saturated carbocycles. The summed E-state index contributed by atoms with van der Waals surface area (Å²) in [5, 5.41) is 21.4. The third-order valence-electron chi connectivity index (χ3n) is 8.91. The van der Waals surface area contributed by atoms with Crippen LogP contribution in [0.5, 0.6) is 0 Å². The zero-order chi connectivity index (χ0) is 31.6. The van der Waals surface area contributed by atoms with Crippen LogP contribution in [-0.2, 0) is 0 Å². The minimum Gasteiger partial charge on any atom is -0.390 e. The van der Waals surface area contributed by atoms with Crippen molar-refractivity contribution in [1.29, 1.82) is 0 Å². The molecule has 0 aromatic rings. The smallest absolute Gasteiger partial charge is 0.0686 e. The molecule has 1 fully saturated rings. The third-order valence-corrected chi connectivity index (χ3v) is 8.91. The third kappa shape index (κ3) is 11.5. The van der Waals surface area contributed by atoms with Crippen molar-refractivity contribution in [2.75, 3.05) is 0 Å². The summed E-state index contributed by atoms with van der Waals surface area (Å²) in [4.78, 5) is 0. The van der Waals surface area contributed by atoms with Gasteiger partial charge >= 0.3 is 0 Å². The molecule has 0 heterocycles. The van der Waals surface area contributed by atoms with Crippen LogP contribution in [0.4, 0.5) is 0 Å². The van der Waals surface area contributed by atoms with Crippen molar-refractivity contribution in [3.8, 4) is 0 Å². The molecule has 2 aliphatic carbocycles. The largest absolute Gasteiger partial charge is 0.390 e. The normalized spacial score (nSPS) is 27.3. The van der Waals surface area contributed by atoms with Gasteiger partial charge in [-0.15, -0.1) is 0 Å². The molecule has 230 valence electrons. The number of hydrogen-bond acceptors (Lipinski definition) is 2. The number of aliphatic hydroxyl groups is 2. The van der Waals surface area contributed by atoms with E-state index in [2.05, 4.69) is 134 Å². The highest BCUT2D eigenvalue weighted by molar-refractivity contribution is 5.37. The summed E-state index contributed by atoms with van der Waals surface area (Å²) < 4.78 is 0. The van der Waals surface area contributed by atoms with Gasteiger partial charge in [0.15, 0.2) is 0 Å². The van der Waals surface area contributed by atoms with Crippen molar-refractivity contribution in [2.45, 2.75) is 113 Å². The van der Waals surface area contributed by atoms with Crippen molar-refractivity contribution in [2.24, 2.45) is 17.3 Å². The molecule has 0 spiro atoms. The summed E-state index contributed by atoms with van der Waals surface area (Å²) in [7, 11) is 0. The minimum atomic E-state index is -0.802. The zero-order valence-electron chi connectivity index (χ0n) is 28.2. The summed E-state index contributed by atoms with van der Waals surface area (Å²) in [6, 6.07) is 0. The Kier molecular flexibility index (Phi) is 13.3. The first-order chi connectivity index (χ1) is 19.5. The monoisotopic (exact) mass is 570 g/mol. The van der Waals surface area contributed by atoms with Crippen molar-refractivity contribution in [3.63, 3.8) is 0 Å². The highest BCUT2D eigenvalue weighted by Crippen LogP contribution is 2.46. The number of allylic oxidation sites excluding steroid dienone is 19. The lowest BCUT2D eigenvalue weighted by molar-refractivity contribution is -0.0294. The Bertz CT molecular complexity index is 1220. The Balaban J connectivity index is 1.90. The molecule has 2 N–H and O–H groups in total. The molecular formula is C40H58O2. The maximum atomic E-state index is 10.8. The summed E-state index contributed by atoms with van der Waals surface area (Å²) in [6.07, 6.45) is 35.1. The molecule has 0 unspecified atom stereocenters. The van der Waals surface area contributed by atoms with E-state index in [1.165, 1.54) is 47.1 Å². The predicted molar refractivity (Wildman–Crippen MR) is 184 cm³/mol. The zero-order valence-corrected chi connectivity index (χ0v) is 28.2. The van der Waals surface area contributed by atoms with Crippen molar-refractivity contribution >= 4 is 0 Å². The lowest BCUT2D eigenvalue weighted by Gasteiger charge is -2.33. The molecule has 2 aliphatic rings. The molecule has 0 radical (unpaired) electrons. The predicted octanol–water partition coefficient (Wildman–Crippen LogP) is 10.6. The van der Waals surface area contributed by atoms with Gasteiger partial charge < -0.3 is 10.2 Å². The van der Waals surface area contributed by atoms with E-state index >= 15 is 0 Å². The van der Waals surface area contributed by atoms with E-state index in [0.717, 1.165) is 12.0 Å². The van der Waals surface area contributed by atoms with Crippen LogP contribution in [0.3, 0.4) is 0 Å². The van der Waals surface area contributed by atoms with Gasteiger partial charge in [-0.25, -0.2) is 0 Å². The van der Waals surface area contributed by atoms with Crippen molar-refractivity contribution in [3.05, 3.63) is 119 Å². The first kappa shape index (κ1) is 35.5. The maximum absolute atomic E-state index is 10.8. The standard InChI is InChI=1S/C40H58O2/c1-30(18-13-20-32(3)23-25-35-34(5)22-15-28-38(35,6)7)16-11-12-17-31(2)19-14-21-33(4)24-26-37-36(39(8,9)41)27-29-40(37,10)42/h11-14,16-21,23-26,36-37,41-42H,15,22,27-29H2,1-10H3/b12-11+,18-13+,19-14+,25-23+,26-24+,30-16+,31-17+,32-20+,33-21+/t36-,37-,40-/m0/s1. The summed E-state index contributed by atoms with van der Waals surface area (Å²) in [5.74, 6) is 0.00197. The van der Waals surface area contributed by atoms with E-state index in [1.807, 2.05) is 20.8 Å². The molecule has 3 atom stereocenters. The molecule has 0 aromatic carbocycles. The summed E-state index contributed by atoms with van der Waals surface area (Å²) >= 11 is 0. The fourth-order valence-electron chi connectivity index (χ4n) is 6.18. The van der Waals surface area contributed by atoms with Crippen LogP contribution in [0, 0.1) is 17.3 Å². The van der Waals surface area contributed by atoms with Gasteiger partial charge in [-0.05, 0) is 104 Å². The molecule has 42 heavy (non-hydrogen) atoms.